The number of hydrogen-bond donors (Lipinski definition) is 0. The normalized spacial score (nSPS) is 15.4. The maximum atomic E-state index is 13.4. The maximum Gasteiger partial charge on any atom is 0.203 e. The Bertz CT molecular complexity index is 1100. The van der Waals surface area contributed by atoms with E-state index in [1.54, 1.807) is 49.9 Å². The summed E-state index contributed by atoms with van der Waals surface area (Å²) in [5.41, 5.74) is 3.61. The first-order valence-corrected chi connectivity index (χ1v) is 10.2. The van der Waals surface area contributed by atoms with Crippen LogP contribution in [0.3, 0.4) is 0 Å². The highest BCUT2D eigenvalue weighted by Gasteiger charge is 2.31. The lowest BCUT2D eigenvalue weighted by molar-refractivity contribution is 0.324. The third-order valence-corrected chi connectivity index (χ3v) is 6.13. The Morgan fingerprint density at radius 1 is 0.967 bits per heavy atom. The minimum atomic E-state index is -0.290. The number of methoxy groups -OCH3 is 3. The second-order valence-corrected chi connectivity index (χ2v) is 8.10. The number of rotatable bonds is 5. The van der Waals surface area contributed by atoms with Gasteiger partial charge in [-0.1, -0.05) is 11.8 Å². The predicted octanol–water partition coefficient (Wildman–Crippen LogP) is 5.23. The molecule has 1 aliphatic heterocycles. The molecule has 8 heteroatoms. The van der Waals surface area contributed by atoms with Crippen molar-refractivity contribution in [2.75, 3.05) is 21.3 Å². The Morgan fingerprint density at radius 3 is 2.17 bits per heavy atom. The Morgan fingerprint density at radius 2 is 1.60 bits per heavy atom. The molecule has 2 aromatic carbocycles. The number of halogens is 1. The van der Waals surface area contributed by atoms with E-state index >= 15 is 0 Å². The van der Waals surface area contributed by atoms with Crippen LogP contribution in [0.1, 0.15) is 29.0 Å². The van der Waals surface area contributed by atoms with Gasteiger partial charge in [0.25, 0.3) is 0 Å². The Labute approximate surface area is 178 Å². The van der Waals surface area contributed by atoms with Crippen molar-refractivity contribution in [1.82, 2.24) is 9.78 Å². The summed E-state index contributed by atoms with van der Waals surface area (Å²) in [5.74, 6) is 2.19. The van der Waals surface area contributed by atoms with Crippen LogP contribution >= 0.6 is 11.8 Å². The van der Waals surface area contributed by atoms with E-state index in [0.29, 0.717) is 17.2 Å². The first kappa shape index (κ1) is 20.3. The van der Waals surface area contributed by atoms with Crippen LogP contribution < -0.4 is 14.2 Å². The second kappa shape index (κ2) is 8.02. The molecule has 1 atom stereocenters. The number of ether oxygens (including phenoxy) is 3. The Hall–Kier alpha value is -3.00. The highest BCUT2D eigenvalue weighted by molar-refractivity contribution is 8.14. The average Bonchev–Trinajstić information content (AvgIpc) is 3.08. The molecule has 0 saturated heterocycles. The molecule has 1 aromatic heterocycles. The van der Waals surface area contributed by atoms with Gasteiger partial charge >= 0.3 is 0 Å². The lowest BCUT2D eigenvalue weighted by Crippen LogP contribution is -2.07. The smallest absolute Gasteiger partial charge is 0.203 e. The molecule has 6 nitrogen and oxygen atoms in total. The van der Waals surface area contributed by atoms with Crippen molar-refractivity contribution >= 4 is 22.6 Å². The van der Waals surface area contributed by atoms with Gasteiger partial charge in [-0.3, -0.25) is 0 Å². The van der Waals surface area contributed by atoms with Gasteiger partial charge < -0.3 is 14.2 Å². The summed E-state index contributed by atoms with van der Waals surface area (Å²) in [7, 11) is 4.79. The summed E-state index contributed by atoms with van der Waals surface area (Å²) in [5, 5.41) is 5.56. The summed E-state index contributed by atoms with van der Waals surface area (Å²) >= 11 is 1.64. The maximum absolute atomic E-state index is 13.4. The fraction of sp³-hybridized carbons (Fsp3) is 0.273. The van der Waals surface area contributed by atoms with Crippen LogP contribution in [0.5, 0.6) is 17.2 Å². The summed E-state index contributed by atoms with van der Waals surface area (Å²) in [4.78, 5) is 4.76. The molecule has 2 heterocycles. The molecule has 4 rings (SSSR count). The number of aromatic nitrogens is 2. The monoisotopic (exact) mass is 427 g/mol. The number of aryl methyl sites for hydroxylation is 1. The summed E-state index contributed by atoms with van der Waals surface area (Å²) < 4.78 is 31.7. The number of aliphatic imine (C=N–C) groups is 1. The largest absolute Gasteiger partial charge is 0.493 e. The van der Waals surface area contributed by atoms with Gasteiger partial charge in [0, 0.05) is 5.56 Å². The van der Waals surface area contributed by atoms with E-state index in [0.717, 1.165) is 33.4 Å². The molecule has 30 heavy (non-hydrogen) atoms. The molecular weight excluding hydrogens is 405 g/mol. The van der Waals surface area contributed by atoms with Crippen LogP contribution in [0.25, 0.3) is 5.69 Å². The van der Waals surface area contributed by atoms with Crippen LogP contribution in [0.15, 0.2) is 41.4 Å². The molecule has 0 amide bonds. The summed E-state index contributed by atoms with van der Waals surface area (Å²) in [6.45, 7) is 3.93. The molecule has 0 bridgehead atoms. The molecule has 0 spiro atoms. The minimum Gasteiger partial charge on any atom is -0.493 e. The lowest BCUT2D eigenvalue weighted by atomic mass is 10.0. The number of thioether (sulfide) groups is 1. The summed E-state index contributed by atoms with van der Waals surface area (Å²) in [6, 6.07) is 10.1. The topological polar surface area (TPSA) is 57.9 Å². The van der Waals surface area contributed by atoms with Crippen molar-refractivity contribution in [2.45, 2.75) is 19.1 Å². The molecule has 1 unspecified atom stereocenters. The minimum absolute atomic E-state index is 0.0552. The van der Waals surface area contributed by atoms with E-state index in [4.69, 9.17) is 24.3 Å². The second-order valence-electron chi connectivity index (χ2n) is 6.80. The average molecular weight is 428 g/mol. The van der Waals surface area contributed by atoms with E-state index in [1.165, 1.54) is 12.1 Å². The lowest BCUT2D eigenvalue weighted by Gasteiger charge is -2.23. The first-order chi connectivity index (χ1) is 14.5. The van der Waals surface area contributed by atoms with Crippen molar-refractivity contribution in [2.24, 2.45) is 4.99 Å². The van der Waals surface area contributed by atoms with Crippen molar-refractivity contribution in [3.05, 3.63) is 59.0 Å². The summed E-state index contributed by atoms with van der Waals surface area (Å²) in [6.07, 6.45) is 0. The molecule has 0 aliphatic carbocycles. The SMILES string of the molecule is COc1cc(C2SC(C)=Nc3c2c(C)nn3-c2ccc(F)cc2)cc(OC)c1OC. The van der Waals surface area contributed by atoms with Gasteiger partial charge in [0.05, 0.1) is 43.0 Å². The number of hydrogen-bond acceptors (Lipinski definition) is 6. The third-order valence-electron chi connectivity index (χ3n) is 4.96. The van der Waals surface area contributed by atoms with Gasteiger partial charge in [-0.15, -0.1) is 0 Å². The van der Waals surface area contributed by atoms with Crippen molar-refractivity contribution in [3.63, 3.8) is 0 Å². The number of fused-ring (bicyclic) bond motifs is 1. The number of nitrogens with zero attached hydrogens (tertiary/aromatic N) is 3. The van der Waals surface area contributed by atoms with E-state index in [-0.39, 0.29) is 11.1 Å². The highest BCUT2D eigenvalue weighted by Crippen LogP contribution is 2.50. The van der Waals surface area contributed by atoms with Crippen LogP contribution in [0.2, 0.25) is 0 Å². The first-order valence-electron chi connectivity index (χ1n) is 9.34. The van der Waals surface area contributed by atoms with Gasteiger partial charge in [0.1, 0.15) is 5.82 Å². The zero-order valence-electron chi connectivity index (χ0n) is 17.4. The van der Waals surface area contributed by atoms with E-state index in [2.05, 4.69) is 0 Å². The van der Waals surface area contributed by atoms with Gasteiger partial charge in [0.2, 0.25) is 5.75 Å². The third kappa shape index (κ3) is 3.41. The molecular formula is C22H22FN3O3S. The van der Waals surface area contributed by atoms with Gasteiger partial charge in [-0.25, -0.2) is 14.1 Å². The fourth-order valence-electron chi connectivity index (χ4n) is 3.60. The number of benzene rings is 2. The van der Waals surface area contributed by atoms with Crippen molar-refractivity contribution in [1.29, 1.82) is 0 Å². The van der Waals surface area contributed by atoms with E-state index in [9.17, 15) is 4.39 Å². The van der Waals surface area contributed by atoms with Crippen LogP contribution in [0.4, 0.5) is 10.2 Å². The Kier molecular flexibility index (Phi) is 5.42. The van der Waals surface area contributed by atoms with Crippen LogP contribution in [0, 0.1) is 12.7 Å². The standard InChI is InChI=1S/C22H22FN3O3S/c1-12-19-21(14-10-17(27-3)20(29-5)18(11-14)28-4)30-13(2)24-22(19)26(25-12)16-8-6-15(23)7-9-16/h6-11,21H,1-5H3. The van der Waals surface area contributed by atoms with Crippen molar-refractivity contribution < 1.29 is 18.6 Å². The zero-order chi connectivity index (χ0) is 21.4. The Balaban J connectivity index is 1.88. The molecule has 0 radical (unpaired) electrons. The van der Waals surface area contributed by atoms with Gasteiger partial charge in [0.15, 0.2) is 17.3 Å². The van der Waals surface area contributed by atoms with E-state index in [1.807, 2.05) is 26.0 Å². The molecule has 156 valence electrons. The predicted molar refractivity (Wildman–Crippen MR) is 117 cm³/mol. The molecule has 1 aliphatic rings. The molecule has 0 N–H and O–H groups in total. The van der Waals surface area contributed by atoms with Crippen LogP contribution in [-0.4, -0.2) is 36.2 Å². The molecule has 0 saturated carbocycles. The zero-order valence-corrected chi connectivity index (χ0v) is 18.2. The van der Waals surface area contributed by atoms with E-state index < -0.39 is 0 Å². The van der Waals surface area contributed by atoms with Gasteiger partial charge in [-0.05, 0) is 55.8 Å². The highest BCUT2D eigenvalue weighted by atomic mass is 32.2. The molecule has 3 aromatic rings. The fourth-order valence-corrected chi connectivity index (χ4v) is 4.74. The molecule has 0 fully saturated rings. The van der Waals surface area contributed by atoms with Crippen molar-refractivity contribution in [3.8, 4) is 22.9 Å². The quantitative estimate of drug-likeness (QED) is 0.558. The van der Waals surface area contributed by atoms with Gasteiger partial charge in [-0.2, -0.15) is 5.10 Å². The van der Waals surface area contributed by atoms with Crippen LogP contribution in [-0.2, 0) is 0 Å².